The third-order valence-electron chi connectivity index (χ3n) is 3.91. The average molecular weight is 361 g/mol. The molecule has 1 aromatic heterocycles. The number of anilines is 1. The fraction of sp³-hybridized carbons (Fsp3) is 0.0952. The summed E-state index contributed by atoms with van der Waals surface area (Å²) in [7, 11) is 1.55. The molecule has 0 bridgehead atoms. The summed E-state index contributed by atoms with van der Waals surface area (Å²) in [5.74, 6) is 0.176. The van der Waals surface area contributed by atoms with Gasteiger partial charge in [-0.2, -0.15) is 0 Å². The van der Waals surface area contributed by atoms with Gasteiger partial charge in [-0.3, -0.25) is 14.6 Å². The molecule has 6 nitrogen and oxygen atoms in total. The van der Waals surface area contributed by atoms with Gasteiger partial charge in [-0.1, -0.05) is 12.1 Å². The lowest BCUT2D eigenvalue weighted by Crippen LogP contribution is -2.22. The van der Waals surface area contributed by atoms with Crippen molar-refractivity contribution in [3.8, 4) is 5.75 Å². The van der Waals surface area contributed by atoms with E-state index in [1.54, 1.807) is 68.0 Å². The van der Waals surface area contributed by atoms with Gasteiger partial charge in [0.25, 0.3) is 11.8 Å². The van der Waals surface area contributed by atoms with Crippen LogP contribution in [0.15, 0.2) is 73.1 Å². The monoisotopic (exact) mass is 361 g/mol. The first kappa shape index (κ1) is 18.1. The summed E-state index contributed by atoms with van der Waals surface area (Å²) < 4.78 is 5.12. The van der Waals surface area contributed by atoms with Gasteiger partial charge >= 0.3 is 0 Å². The lowest BCUT2D eigenvalue weighted by atomic mass is 10.1. The maximum atomic E-state index is 12.3. The van der Waals surface area contributed by atoms with Crippen LogP contribution in [0.1, 0.15) is 26.3 Å². The summed E-state index contributed by atoms with van der Waals surface area (Å²) in [6, 6.07) is 17.3. The van der Waals surface area contributed by atoms with Gasteiger partial charge < -0.3 is 15.4 Å². The summed E-state index contributed by atoms with van der Waals surface area (Å²) >= 11 is 0. The zero-order valence-electron chi connectivity index (χ0n) is 14.8. The molecule has 0 atom stereocenters. The molecule has 0 saturated carbocycles. The van der Waals surface area contributed by atoms with E-state index in [4.69, 9.17) is 4.74 Å². The van der Waals surface area contributed by atoms with Crippen LogP contribution in [0.2, 0.25) is 0 Å². The predicted molar refractivity (Wildman–Crippen MR) is 103 cm³/mol. The molecule has 2 amide bonds. The molecular formula is C21H19N3O3. The van der Waals surface area contributed by atoms with Gasteiger partial charge in [-0.05, 0) is 54.1 Å². The third kappa shape index (κ3) is 4.92. The largest absolute Gasteiger partial charge is 0.497 e. The fourth-order valence-electron chi connectivity index (χ4n) is 2.46. The lowest BCUT2D eigenvalue weighted by molar-refractivity contribution is 0.0950. The molecule has 0 spiro atoms. The van der Waals surface area contributed by atoms with E-state index in [2.05, 4.69) is 15.6 Å². The highest BCUT2D eigenvalue weighted by atomic mass is 16.5. The summed E-state index contributed by atoms with van der Waals surface area (Å²) in [6.45, 7) is 0.404. The van der Waals surface area contributed by atoms with Crippen molar-refractivity contribution in [2.75, 3.05) is 12.4 Å². The average Bonchev–Trinajstić information content (AvgIpc) is 2.73. The van der Waals surface area contributed by atoms with Crippen LogP contribution in [-0.4, -0.2) is 23.9 Å². The maximum absolute atomic E-state index is 12.3. The molecule has 0 saturated heterocycles. The Hall–Kier alpha value is -3.67. The molecule has 2 N–H and O–H groups in total. The molecule has 0 radical (unpaired) electrons. The second-order valence-corrected chi connectivity index (χ2v) is 5.81. The van der Waals surface area contributed by atoms with Crippen molar-refractivity contribution >= 4 is 17.5 Å². The van der Waals surface area contributed by atoms with Crippen LogP contribution in [0.4, 0.5) is 5.69 Å². The Morgan fingerprint density at radius 2 is 1.78 bits per heavy atom. The van der Waals surface area contributed by atoms with Crippen LogP contribution >= 0.6 is 0 Å². The summed E-state index contributed by atoms with van der Waals surface area (Å²) in [4.78, 5) is 28.5. The minimum Gasteiger partial charge on any atom is -0.497 e. The molecular weight excluding hydrogens is 342 g/mol. The van der Waals surface area contributed by atoms with Gasteiger partial charge in [0, 0.05) is 35.8 Å². The van der Waals surface area contributed by atoms with Crippen molar-refractivity contribution in [1.29, 1.82) is 0 Å². The minimum atomic E-state index is -0.248. The number of nitrogens with one attached hydrogen (secondary N) is 2. The Kier molecular flexibility index (Phi) is 5.79. The molecule has 6 heteroatoms. The quantitative estimate of drug-likeness (QED) is 0.706. The first-order valence-electron chi connectivity index (χ1n) is 8.38. The van der Waals surface area contributed by atoms with E-state index in [0.29, 0.717) is 29.1 Å². The van der Waals surface area contributed by atoms with Crippen LogP contribution in [-0.2, 0) is 6.54 Å². The Bertz CT molecular complexity index is 925. The van der Waals surface area contributed by atoms with Crippen molar-refractivity contribution in [3.63, 3.8) is 0 Å². The van der Waals surface area contributed by atoms with Gasteiger partial charge in [0.2, 0.25) is 0 Å². The van der Waals surface area contributed by atoms with Gasteiger partial charge in [0.15, 0.2) is 0 Å². The normalized spacial score (nSPS) is 10.1. The standard InChI is InChI=1S/C21H19N3O3/c1-27-19-6-2-5-17(12-19)21(26)24-18-9-7-16(8-10-18)20(25)23-14-15-4-3-11-22-13-15/h2-13H,14H2,1H3,(H,23,25)(H,24,26). The van der Waals surface area contributed by atoms with E-state index in [9.17, 15) is 9.59 Å². The molecule has 0 aliphatic carbocycles. The highest BCUT2D eigenvalue weighted by molar-refractivity contribution is 6.04. The first-order valence-corrected chi connectivity index (χ1v) is 8.38. The molecule has 0 unspecified atom stereocenters. The van der Waals surface area contributed by atoms with Crippen LogP contribution in [0, 0.1) is 0 Å². The number of pyridine rings is 1. The van der Waals surface area contributed by atoms with E-state index in [1.165, 1.54) is 0 Å². The highest BCUT2D eigenvalue weighted by Gasteiger charge is 2.09. The van der Waals surface area contributed by atoms with E-state index >= 15 is 0 Å². The zero-order chi connectivity index (χ0) is 19.1. The van der Waals surface area contributed by atoms with Crippen LogP contribution < -0.4 is 15.4 Å². The molecule has 136 valence electrons. The SMILES string of the molecule is COc1cccc(C(=O)Nc2ccc(C(=O)NCc3cccnc3)cc2)c1. The molecule has 0 fully saturated rings. The number of methoxy groups -OCH3 is 1. The number of amides is 2. The summed E-state index contributed by atoms with van der Waals surface area (Å²) in [5, 5.41) is 5.63. The van der Waals surface area contributed by atoms with Crippen molar-refractivity contribution in [3.05, 3.63) is 89.7 Å². The van der Waals surface area contributed by atoms with E-state index in [-0.39, 0.29) is 11.8 Å². The second-order valence-electron chi connectivity index (χ2n) is 5.81. The Morgan fingerprint density at radius 3 is 2.48 bits per heavy atom. The van der Waals surface area contributed by atoms with Crippen molar-refractivity contribution in [2.45, 2.75) is 6.54 Å². The number of carbonyl (C=O) groups excluding carboxylic acids is 2. The topological polar surface area (TPSA) is 80.3 Å². The maximum Gasteiger partial charge on any atom is 0.255 e. The molecule has 3 rings (SSSR count). The highest BCUT2D eigenvalue weighted by Crippen LogP contribution is 2.15. The smallest absolute Gasteiger partial charge is 0.255 e. The molecule has 27 heavy (non-hydrogen) atoms. The van der Waals surface area contributed by atoms with Gasteiger partial charge in [0.05, 0.1) is 7.11 Å². The van der Waals surface area contributed by atoms with E-state index in [0.717, 1.165) is 5.56 Å². The molecule has 1 heterocycles. The Morgan fingerprint density at radius 1 is 0.963 bits per heavy atom. The van der Waals surface area contributed by atoms with Gasteiger partial charge in [-0.15, -0.1) is 0 Å². The number of hydrogen-bond acceptors (Lipinski definition) is 4. The van der Waals surface area contributed by atoms with Crippen molar-refractivity contribution < 1.29 is 14.3 Å². The number of carbonyl (C=O) groups is 2. The number of aromatic nitrogens is 1. The third-order valence-corrected chi connectivity index (χ3v) is 3.91. The molecule has 0 aliphatic heterocycles. The molecule has 3 aromatic rings. The number of rotatable bonds is 6. The van der Waals surface area contributed by atoms with E-state index < -0.39 is 0 Å². The summed E-state index contributed by atoms with van der Waals surface area (Å²) in [6.07, 6.45) is 3.39. The van der Waals surface area contributed by atoms with Crippen LogP contribution in [0.3, 0.4) is 0 Å². The van der Waals surface area contributed by atoms with E-state index in [1.807, 2.05) is 12.1 Å². The van der Waals surface area contributed by atoms with Crippen molar-refractivity contribution in [2.24, 2.45) is 0 Å². The van der Waals surface area contributed by atoms with Gasteiger partial charge in [0.1, 0.15) is 5.75 Å². The predicted octanol–water partition coefficient (Wildman–Crippen LogP) is 3.27. The number of nitrogens with zero attached hydrogens (tertiary/aromatic N) is 1. The number of hydrogen-bond donors (Lipinski definition) is 2. The minimum absolute atomic E-state index is 0.190. The first-order chi connectivity index (χ1) is 13.2. The Balaban J connectivity index is 1.59. The number of ether oxygens (including phenoxy) is 1. The molecule has 0 aliphatic rings. The lowest BCUT2D eigenvalue weighted by Gasteiger charge is -2.08. The zero-order valence-corrected chi connectivity index (χ0v) is 14.8. The Labute approximate surface area is 157 Å². The van der Waals surface area contributed by atoms with Crippen LogP contribution in [0.25, 0.3) is 0 Å². The number of benzene rings is 2. The molecule has 2 aromatic carbocycles. The summed E-state index contributed by atoms with van der Waals surface area (Å²) in [5.41, 5.74) is 2.53. The van der Waals surface area contributed by atoms with Crippen molar-refractivity contribution in [1.82, 2.24) is 10.3 Å². The van der Waals surface area contributed by atoms with Gasteiger partial charge in [-0.25, -0.2) is 0 Å². The fourth-order valence-corrected chi connectivity index (χ4v) is 2.46. The van der Waals surface area contributed by atoms with Crippen LogP contribution in [0.5, 0.6) is 5.75 Å². The second kappa shape index (κ2) is 8.62.